The molecule has 9 heteroatoms. The van der Waals surface area contributed by atoms with Crippen LogP contribution in [0.1, 0.15) is 0 Å². The summed E-state index contributed by atoms with van der Waals surface area (Å²) in [6.07, 6.45) is 0. The zero-order valence-corrected chi connectivity index (χ0v) is 8.82. The number of rotatable bonds is 2. The Labute approximate surface area is 70.5 Å². The highest BCUT2D eigenvalue weighted by Gasteiger charge is 2.40. The summed E-state index contributed by atoms with van der Waals surface area (Å²) in [6, 6.07) is 0. The van der Waals surface area contributed by atoms with E-state index >= 15 is 0 Å². The predicted molar refractivity (Wildman–Crippen MR) is 47.5 cm³/mol. The third-order valence-electron chi connectivity index (χ3n) is 1.06. The Morgan fingerprint density at radius 2 is 2.17 bits per heavy atom. The Bertz CT molecular complexity index is 322. The van der Waals surface area contributed by atoms with Gasteiger partial charge in [0.25, 0.3) is 0 Å². The van der Waals surface area contributed by atoms with Gasteiger partial charge < -0.3 is 4.52 Å². The summed E-state index contributed by atoms with van der Waals surface area (Å²) < 4.78 is 40.2. The van der Waals surface area contributed by atoms with Crippen molar-refractivity contribution in [1.82, 2.24) is 0 Å². The maximum absolute atomic E-state index is 12.7. The summed E-state index contributed by atoms with van der Waals surface area (Å²) in [6.45, 7) is 3.38. The molecule has 3 unspecified atom stereocenters. The smallest absolute Gasteiger partial charge is 0.323 e. The van der Waals surface area contributed by atoms with Crippen molar-refractivity contribution in [3.63, 3.8) is 0 Å². The molecule has 0 aliphatic carbocycles. The first-order valence-corrected chi connectivity index (χ1v) is 6.75. The van der Waals surface area contributed by atoms with E-state index in [0.717, 1.165) is 0 Å². The van der Waals surface area contributed by atoms with E-state index in [2.05, 4.69) is 20.1 Å². The Hall–Kier alpha value is -0.0100. The molecule has 1 heterocycles. The highest BCUT2D eigenvalue weighted by molar-refractivity contribution is 7.74. The average Bonchev–Trinajstić information content (AvgIpc) is 2.02. The molecule has 12 heavy (non-hydrogen) atoms. The third kappa shape index (κ3) is 2.02. The molecule has 0 amide bonds. The van der Waals surface area contributed by atoms with Gasteiger partial charge in [0, 0.05) is 22.0 Å². The Morgan fingerprint density at radius 3 is 2.58 bits per heavy atom. The van der Waals surface area contributed by atoms with E-state index in [1.54, 1.807) is 0 Å². The van der Waals surface area contributed by atoms with Gasteiger partial charge in [0.05, 0.1) is 8.39 Å². The van der Waals surface area contributed by atoms with E-state index < -0.39 is 23.8 Å². The van der Waals surface area contributed by atoms with Crippen LogP contribution < -0.4 is 0 Å². The molecule has 0 radical (unpaired) electrons. The standard InChI is InChI=1S/C3H6F2N3OP3/c1-3-12(9-2)7-10(4)6-11(5)8-12/h3H,1H2,2H3/q+2. The molecule has 1 aliphatic heterocycles. The van der Waals surface area contributed by atoms with Gasteiger partial charge in [0.2, 0.25) is 4.52 Å². The van der Waals surface area contributed by atoms with Crippen molar-refractivity contribution in [2.24, 2.45) is 13.5 Å². The maximum Gasteiger partial charge on any atom is 0.635 e. The van der Waals surface area contributed by atoms with Crippen LogP contribution in [0.5, 0.6) is 0 Å². The van der Waals surface area contributed by atoms with Crippen LogP contribution in [0, 0.1) is 0 Å². The van der Waals surface area contributed by atoms with E-state index in [-0.39, 0.29) is 0 Å². The highest BCUT2D eigenvalue weighted by atomic mass is 31.2. The molecule has 0 fully saturated rings. The lowest BCUT2D eigenvalue weighted by molar-refractivity contribution is 0.460. The molecular formula is C3H6F2N3OP3+2. The van der Waals surface area contributed by atoms with Crippen LogP contribution in [0.15, 0.2) is 25.9 Å². The zero-order chi connectivity index (χ0) is 9.19. The molecule has 0 saturated heterocycles. The van der Waals surface area contributed by atoms with Gasteiger partial charge in [-0.1, -0.05) is 6.58 Å². The SMILES string of the molecule is C=CP1(OC)=N[P+](F)=N[P+](F)=N1. The highest BCUT2D eigenvalue weighted by Crippen LogP contribution is 2.67. The number of nitrogens with zero attached hydrogens (tertiary/aromatic N) is 3. The Balaban J connectivity index is 3.24. The topological polar surface area (TPSA) is 46.3 Å². The fourth-order valence-corrected chi connectivity index (χ4v) is 5.44. The second kappa shape index (κ2) is 3.80. The van der Waals surface area contributed by atoms with Crippen LogP contribution in [0.3, 0.4) is 0 Å². The molecule has 0 aromatic rings. The quantitative estimate of drug-likeness (QED) is 0.632. The minimum absolute atomic E-state index is 1.26. The van der Waals surface area contributed by atoms with Crippen molar-refractivity contribution >= 4 is 23.8 Å². The normalized spacial score (nSPS) is 34.6. The molecule has 0 aromatic heterocycles. The van der Waals surface area contributed by atoms with Gasteiger partial charge in [-0.15, -0.1) is 0 Å². The minimum atomic E-state index is -2.74. The minimum Gasteiger partial charge on any atom is -0.323 e. The first-order valence-electron chi connectivity index (χ1n) is 2.80. The monoisotopic (exact) mass is 231 g/mol. The molecule has 0 N–H and O–H groups in total. The average molecular weight is 231 g/mol. The van der Waals surface area contributed by atoms with Crippen LogP contribution in [-0.2, 0) is 4.52 Å². The molecular weight excluding hydrogens is 225 g/mol. The van der Waals surface area contributed by atoms with E-state index in [9.17, 15) is 8.39 Å². The van der Waals surface area contributed by atoms with Crippen molar-refractivity contribution in [3.05, 3.63) is 12.4 Å². The third-order valence-corrected chi connectivity index (χ3v) is 6.48. The van der Waals surface area contributed by atoms with Gasteiger partial charge in [-0.2, -0.15) is 0 Å². The van der Waals surface area contributed by atoms with Crippen molar-refractivity contribution in [2.45, 2.75) is 0 Å². The van der Waals surface area contributed by atoms with Gasteiger partial charge in [0.1, 0.15) is 0 Å². The largest absolute Gasteiger partial charge is 0.635 e. The molecule has 66 valence electrons. The van der Waals surface area contributed by atoms with Crippen LogP contribution in [0.2, 0.25) is 0 Å². The lowest BCUT2D eigenvalue weighted by Crippen LogP contribution is -1.75. The fraction of sp³-hybridized carbons (Fsp3) is 0.333. The van der Waals surface area contributed by atoms with E-state index in [1.165, 1.54) is 12.9 Å². The first-order chi connectivity index (χ1) is 5.62. The molecule has 0 saturated carbocycles. The number of hydrogen-bond donors (Lipinski definition) is 0. The number of halogens is 2. The lowest BCUT2D eigenvalue weighted by atomic mass is 11.3. The molecule has 0 bridgehead atoms. The summed E-state index contributed by atoms with van der Waals surface area (Å²) in [5.41, 5.74) is 0. The van der Waals surface area contributed by atoms with E-state index in [1.807, 2.05) is 0 Å². The second-order valence-electron chi connectivity index (χ2n) is 1.70. The van der Waals surface area contributed by atoms with Crippen LogP contribution >= 0.6 is 23.8 Å². The van der Waals surface area contributed by atoms with Crippen molar-refractivity contribution in [3.8, 4) is 0 Å². The first kappa shape index (κ1) is 10.1. The van der Waals surface area contributed by atoms with E-state index in [4.69, 9.17) is 4.52 Å². The molecule has 3 atom stereocenters. The van der Waals surface area contributed by atoms with Gasteiger partial charge in [0.15, 0.2) is 0 Å². The van der Waals surface area contributed by atoms with Crippen molar-refractivity contribution in [2.75, 3.05) is 7.11 Å². The molecule has 0 aromatic carbocycles. The lowest BCUT2D eigenvalue weighted by Gasteiger charge is -2.01. The van der Waals surface area contributed by atoms with Gasteiger partial charge >= 0.3 is 23.8 Å². The zero-order valence-electron chi connectivity index (χ0n) is 6.13. The molecule has 0 spiro atoms. The summed E-state index contributed by atoms with van der Waals surface area (Å²) in [5, 5.41) is 0. The van der Waals surface area contributed by atoms with Crippen LogP contribution in [0.4, 0.5) is 8.39 Å². The van der Waals surface area contributed by atoms with Crippen LogP contribution in [0.25, 0.3) is 0 Å². The summed E-state index contributed by atoms with van der Waals surface area (Å²) in [4.78, 5) is 0. The fourth-order valence-electron chi connectivity index (χ4n) is 0.547. The Kier molecular flexibility index (Phi) is 3.19. The Morgan fingerprint density at radius 1 is 1.50 bits per heavy atom. The summed E-state index contributed by atoms with van der Waals surface area (Å²) in [7, 11) is -6.37. The molecule has 1 aliphatic rings. The number of hydrogen-bond acceptors (Lipinski definition) is 4. The molecule has 4 nitrogen and oxygen atoms in total. The predicted octanol–water partition coefficient (Wildman–Crippen LogP) is 4.75. The van der Waals surface area contributed by atoms with Crippen molar-refractivity contribution in [1.29, 1.82) is 0 Å². The second-order valence-corrected chi connectivity index (χ2v) is 6.72. The summed E-state index contributed by atoms with van der Waals surface area (Å²) in [5.74, 6) is 1.26. The van der Waals surface area contributed by atoms with Gasteiger partial charge in [-0.05, 0) is 0 Å². The molecule has 1 rings (SSSR count). The maximum atomic E-state index is 12.7. The summed E-state index contributed by atoms with van der Waals surface area (Å²) >= 11 is 0. The van der Waals surface area contributed by atoms with Gasteiger partial charge in [-0.25, -0.2) is 0 Å². The van der Waals surface area contributed by atoms with Gasteiger partial charge in [-0.3, -0.25) is 0 Å². The van der Waals surface area contributed by atoms with Crippen LogP contribution in [-0.4, -0.2) is 7.11 Å². The van der Waals surface area contributed by atoms with E-state index in [0.29, 0.717) is 0 Å². The van der Waals surface area contributed by atoms with Crippen molar-refractivity contribution < 1.29 is 12.9 Å².